The molecule has 0 bridgehead atoms. The summed E-state index contributed by atoms with van der Waals surface area (Å²) in [5, 5.41) is 17.8. The maximum Gasteiger partial charge on any atom is 0.293 e. The fourth-order valence-corrected chi connectivity index (χ4v) is 4.17. The summed E-state index contributed by atoms with van der Waals surface area (Å²) >= 11 is 2.46. The van der Waals surface area contributed by atoms with E-state index in [9.17, 15) is 14.9 Å². The summed E-state index contributed by atoms with van der Waals surface area (Å²) in [4.78, 5) is 27.9. The van der Waals surface area contributed by atoms with Crippen LogP contribution in [0.2, 0.25) is 0 Å². The number of amides is 1. The number of carbonyl (C=O) groups is 1. The van der Waals surface area contributed by atoms with E-state index in [1.165, 1.54) is 34.1 Å². The van der Waals surface area contributed by atoms with E-state index in [1.807, 2.05) is 19.1 Å². The van der Waals surface area contributed by atoms with Gasteiger partial charge >= 0.3 is 0 Å². The smallest absolute Gasteiger partial charge is 0.293 e. The van der Waals surface area contributed by atoms with Gasteiger partial charge in [0.1, 0.15) is 0 Å². The summed E-state index contributed by atoms with van der Waals surface area (Å²) in [6.07, 6.45) is 0. The molecule has 0 atom stereocenters. The minimum atomic E-state index is -0.451. The van der Waals surface area contributed by atoms with Crippen molar-refractivity contribution in [3.8, 4) is 16.3 Å². The topological polar surface area (TPSA) is 108 Å². The standard InChI is InChI=1S/C18H13N3O5S2/c1-2-25-13-5-3-4-10-6-14(26-16(10)13)17(22)20-18-19-12(9-28-18)15-7-11(8-27-15)21(23)24/h3-9H,2H2,1H3,(H,19,20,22). The average Bonchev–Trinajstić information content (AvgIpc) is 3.40. The van der Waals surface area contributed by atoms with Crippen LogP contribution in [0.4, 0.5) is 10.8 Å². The lowest BCUT2D eigenvalue weighted by Gasteiger charge is -2.02. The second-order valence-corrected chi connectivity index (χ2v) is 7.41. The zero-order chi connectivity index (χ0) is 19.7. The lowest BCUT2D eigenvalue weighted by Crippen LogP contribution is -2.10. The summed E-state index contributed by atoms with van der Waals surface area (Å²) in [5.41, 5.74) is 1.10. The summed E-state index contributed by atoms with van der Waals surface area (Å²) in [6, 6.07) is 8.55. The molecule has 1 amide bonds. The molecule has 0 saturated heterocycles. The van der Waals surface area contributed by atoms with Crippen molar-refractivity contribution >= 4 is 50.4 Å². The van der Waals surface area contributed by atoms with Crippen molar-refractivity contribution in [2.45, 2.75) is 6.92 Å². The van der Waals surface area contributed by atoms with E-state index < -0.39 is 10.8 Å². The number of para-hydroxylation sites is 1. The van der Waals surface area contributed by atoms with Crippen LogP contribution < -0.4 is 10.1 Å². The molecule has 0 fully saturated rings. The van der Waals surface area contributed by atoms with E-state index in [4.69, 9.17) is 9.15 Å². The first kappa shape index (κ1) is 18.1. The Morgan fingerprint density at radius 2 is 2.18 bits per heavy atom. The normalized spacial score (nSPS) is 10.9. The SMILES string of the molecule is CCOc1cccc2cc(C(=O)Nc3nc(-c4cc([N+](=O)[O-])cs4)cs3)oc12. The van der Waals surface area contributed by atoms with Crippen LogP contribution >= 0.6 is 22.7 Å². The van der Waals surface area contributed by atoms with Gasteiger partial charge in [-0.25, -0.2) is 4.98 Å². The predicted octanol–water partition coefficient (Wildman–Crippen LogP) is 5.18. The van der Waals surface area contributed by atoms with Gasteiger partial charge in [-0.05, 0) is 19.1 Å². The number of fused-ring (bicyclic) bond motifs is 1. The van der Waals surface area contributed by atoms with Crippen LogP contribution in [0, 0.1) is 10.1 Å². The minimum Gasteiger partial charge on any atom is -0.490 e. The number of nitrogens with zero attached hydrogens (tertiary/aromatic N) is 2. The average molecular weight is 415 g/mol. The first-order chi connectivity index (χ1) is 13.5. The molecule has 0 aliphatic heterocycles. The molecular weight excluding hydrogens is 402 g/mol. The van der Waals surface area contributed by atoms with Crippen LogP contribution in [0.1, 0.15) is 17.5 Å². The molecule has 1 N–H and O–H groups in total. The molecular formula is C18H13N3O5S2. The highest BCUT2D eigenvalue weighted by Crippen LogP contribution is 2.33. The number of hydrogen-bond donors (Lipinski definition) is 1. The number of rotatable bonds is 6. The number of anilines is 1. The van der Waals surface area contributed by atoms with E-state index in [0.717, 1.165) is 5.39 Å². The molecule has 4 rings (SSSR count). The van der Waals surface area contributed by atoms with E-state index in [-0.39, 0.29) is 11.4 Å². The van der Waals surface area contributed by atoms with E-state index >= 15 is 0 Å². The van der Waals surface area contributed by atoms with Gasteiger partial charge in [0.05, 0.1) is 27.5 Å². The van der Waals surface area contributed by atoms with Crippen molar-refractivity contribution in [3.63, 3.8) is 0 Å². The third-order valence-electron chi connectivity index (χ3n) is 3.81. The molecule has 3 aromatic heterocycles. The number of aromatic nitrogens is 1. The zero-order valence-corrected chi connectivity index (χ0v) is 16.1. The predicted molar refractivity (Wildman–Crippen MR) is 107 cm³/mol. The van der Waals surface area contributed by atoms with Crippen molar-refractivity contribution in [2.24, 2.45) is 0 Å². The highest BCUT2D eigenvalue weighted by atomic mass is 32.1. The second-order valence-electron chi connectivity index (χ2n) is 5.64. The van der Waals surface area contributed by atoms with Gasteiger partial charge < -0.3 is 9.15 Å². The molecule has 0 aliphatic carbocycles. The van der Waals surface area contributed by atoms with Crippen LogP contribution in [0.15, 0.2) is 45.5 Å². The van der Waals surface area contributed by atoms with Crippen molar-refractivity contribution in [3.05, 3.63) is 57.0 Å². The Hall–Kier alpha value is -3.24. The first-order valence-corrected chi connectivity index (χ1v) is 9.96. The molecule has 0 saturated carbocycles. The minimum absolute atomic E-state index is 0.0194. The number of thiophene rings is 1. The third kappa shape index (κ3) is 3.47. The van der Waals surface area contributed by atoms with E-state index in [1.54, 1.807) is 17.5 Å². The second kappa shape index (κ2) is 7.41. The van der Waals surface area contributed by atoms with Crippen LogP contribution in [0.25, 0.3) is 21.5 Å². The molecule has 142 valence electrons. The maximum atomic E-state index is 12.5. The summed E-state index contributed by atoms with van der Waals surface area (Å²) in [6.45, 7) is 2.36. The van der Waals surface area contributed by atoms with Crippen LogP contribution in [0.5, 0.6) is 5.75 Å². The van der Waals surface area contributed by atoms with Gasteiger partial charge in [0.15, 0.2) is 22.2 Å². The molecule has 4 aromatic rings. The molecule has 0 radical (unpaired) electrons. The molecule has 0 aliphatic rings. The first-order valence-electron chi connectivity index (χ1n) is 8.20. The molecule has 10 heteroatoms. The Kier molecular flexibility index (Phi) is 4.80. The Labute approximate surface area is 166 Å². The van der Waals surface area contributed by atoms with Crippen molar-refractivity contribution < 1.29 is 18.9 Å². The Morgan fingerprint density at radius 1 is 1.32 bits per heavy atom. The number of furan rings is 1. The van der Waals surface area contributed by atoms with Gasteiger partial charge in [0, 0.05) is 16.8 Å². The quantitative estimate of drug-likeness (QED) is 0.343. The van der Waals surface area contributed by atoms with Gasteiger partial charge in [-0.3, -0.25) is 20.2 Å². The summed E-state index contributed by atoms with van der Waals surface area (Å²) in [5.74, 6) is 0.289. The number of hydrogen-bond acceptors (Lipinski definition) is 8. The van der Waals surface area contributed by atoms with Gasteiger partial charge in [-0.15, -0.1) is 22.7 Å². The monoisotopic (exact) mass is 415 g/mol. The number of nitro groups is 1. The fraction of sp³-hybridized carbons (Fsp3) is 0.111. The van der Waals surface area contributed by atoms with Gasteiger partial charge in [0.2, 0.25) is 0 Å². The highest BCUT2D eigenvalue weighted by Gasteiger charge is 2.18. The van der Waals surface area contributed by atoms with Crippen molar-refractivity contribution in [1.29, 1.82) is 0 Å². The van der Waals surface area contributed by atoms with Crippen LogP contribution in [0.3, 0.4) is 0 Å². The molecule has 0 unspecified atom stereocenters. The fourth-order valence-electron chi connectivity index (χ4n) is 2.58. The Morgan fingerprint density at radius 3 is 2.93 bits per heavy atom. The maximum absolute atomic E-state index is 12.5. The number of carbonyl (C=O) groups excluding carboxylic acids is 1. The van der Waals surface area contributed by atoms with Crippen LogP contribution in [-0.4, -0.2) is 22.4 Å². The Balaban J connectivity index is 1.54. The largest absolute Gasteiger partial charge is 0.490 e. The number of ether oxygens (including phenoxy) is 1. The highest BCUT2D eigenvalue weighted by molar-refractivity contribution is 7.16. The van der Waals surface area contributed by atoms with Crippen molar-refractivity contribution in [2.75, 3.05) is 11.9 Å². The van der Waals surface area contributed by atoms with E-state index in [0.29, 0.717) is 33.6 Å². The molecule has 3 heterocycles. The van der Waals surface area contributed by atoms with Gasteiger partial charge in [-0.1, -0.05) is 12.1 Å². The summed E-state index contributed by atoms with van der Waals surface area (Å²) < 4.78 is 11.2. The number of benzene rings is 1. The molecule has 8 nitrogen and oxygen atoms in total. The third-order valence-corrected chi connectivity index (χ3v) is 5.50. The molecule has 28 heavy (non-hydrogen) atoms. The lowest BCUT2D eigenvalue weighted by atomic mass is 10.2. The number of thiazole rings is 1. The number of nitrogens with one attached hydrogen (secondary N) is 1. The lowest BCUT2D eigenvalue weighted by molar-refractivity contribution is -0.384. The summed E-state index contributed by atoms with van der Waals surface area (Å²) in [7, 11) is 0. The zero-order valence-electron chi connectivity index (χ0n) is 14.5. The van der Waals surface area contributed by atoms with E-state index in [2.05, 4.69) is 10.3 Å². The Bertz CT molecular complexity index is 1180. The molecule has 1 aromatic carbocycles. The molecule has 0 spiro atoms. The van der Waals surface area contributed by atoms with Crippen LogP contribution in [-0.2, 0) is 0 Å². The van der Waals surface area contributed by atoms with Gasteiger partial charge in [0.25, 0.3) is 11.6 Å². The van der Waals surface area contributed by atoms with Crippen molar-refractivity contribution in [1.82, 2.24) is 4.98 Å². The van der Waals surface area contributed by atoms with Gasteiger partial charge in [-0.2, -0.15) is 0 Å².